The van der Waals surface area contributed by atoms with Crippen LogP contribution in [0.3, 0.4) is 0 Å². The second-order valence-electron chi connectivity index (χ2n) is 7.26. The number of anilines is 1. The van der Waals surface area contributed by atoms with Crippen LogP contribution in [-0.4, -0.2) is 19.2 Å². The summed E-state index contributed by atoms with van der Waals surface area (Å²) in [4.78, 5) is 2.10. The molecule has 2 aromatic rings. The first-order chi connectivity index (χ1) is 11.9. The van der Waals surface area contributed by atoms with Gasteiger partial charge in [0.25, 0.3) is 0 Å². The standard InChI is InChI=1S/C21H25Cl2NO.ClH/c1-24(2)18-8-5-6-15(13-18)12-16-7-3-4-11-21(16,25)19-10-9-17(22)14-20(19)23;/h5-6,8-10,13-14,16,25H,3-4,7,11-12H2,1-2H3;1H. The van der Waals surface area contributed by atoms with E-state index in [1.54, 1.807) is 6.07 Å². The molecule has 2 atom stereocenters. The van der Waals surface area contributed by atoms with E-state index in [0.29, 0.717) is 10.0 Å². The Morgan fingerprint density at radius 1 is 1.12 bits per heavy atom. The number of halogens is 3. The number of hydrogen-bond donors (Lipinski definition) is 1. The average molecular weight is 415 g/mol. The largest absolute Gasteiger partial charge is 0.385 e. The monoisotopic (exact) mass is 413 g/mol. The predicted molar refractivity (Wildman–Crippen MR) is 114 cm³/mol. The quantitative estimate of drug-likeness (QED) is 0.653. The van der Waals surface area contributed by atoms with Crippen LogP contribution < -0.4 is 4.90 Å². The molecule has 0 aromatic heterocycles. The third kappa shape index (κ3) is 4.48. The molecule has 0 amide bonds. The third-order valence-corrected chi connectivity index (χ3v) is 5.89. The van der Waals surface area contributed by atoms with Crippen LogP contribution in [0.25, 0.3) is 0 Å². The van der Waals surface area contributed by atoms with E-state index in [9.17, 15) is 5.11 Å². The Morgan fingerprint density at radius 2 is 1.88 bits per heavy atom. The molecular weight excluding hydrogens is 389 g/mol. The first kappa shape index (κ1) is 21.4. The Bertz CT molecular complexity index is 750. The molecule has 1 fully saturated rings. The molecule has 1 saturated carbocycles. The molecule has 2 nitrogen and oxygen atoms in total. The Morgan fingerprint density at radius 3 is 2.58 bits per heavy atom. The van der Waals surface area contributed by atoms with Crippen LogP contribution in [0, 0.1) is 5.92 Å². The molecule has 0 radical (unpaired) electrons. The number of nitrogens with zero attached hydrogens (tertiary/aromatic N) is 1. The lowest BCUT2D eigenvalue weighted by Gasteiger charge is -2.41. The van der Waals surface area contributed by atoms with Crippen molar-refractivity contribution >= 4 is 41.3 Å². The van der Waals surface area contributed by atoms with Gasteiger partial charge in [0.05, 0.1) is 5.60 Å². The van der Waals surface area contributed by atoms with E-state index in [-0.39, 0.29) is 18.3 Å². The van der Waals surface area contributed by atoms with Gasteiger partial charge in [-0.1, -0.05) is 54.2 Å². The molecule has 26 heavy (non-hydrogen) atoms. The summed E-state index contributed by atoms with van der Waals surface area (Å²) in [6.45, 7) is 0. The minimum absolute atomic E-state index is 0. The highest BCUT2D eigenvalue weighted by Crippen LogP contribution is 2.46. The van der Waals surface area contributed by atoms with Gasteiger partial charge in [-0.15, -0.1) is 12.4 Å². The molecule has 2 unspecified atom stereocenters. The molecule has 0 aliphatic heterocycles. The van der Waals surface area contributed by atoms with Crippen LogP contribution in [0.15, 0.2) is 42.5 Å². The van der Waals surface area contributed by atoms with Gasteiger partial charge in [0.1, 0.15) is 0 Å². The third-order valence-electron chi connectivity index (χ3n) is 5.34. The van der Waals surface area contributed by atoms with E-state index in [1.165, 1.54) is 11.3 Å². The maximum Gasteiger partial charge on any atom is 0.0942 e. The molecular formula is C21H26Cl3NO. The van der Waals surface area contributed by atoms with Gasteiger partial charge < -0.3 is 10.0 Å². The lowest BCUT2D eigenvalue weighted by molar-refractivity contribution is -0.0541. The summed E-state index contributed by atoms with van der Waals surface area (Å²) in [6, 6.07) is 14.0. The van der Waals surface area contributed by atoms with Crippen molar-refractivity contribution in [1.82, 2.24) is 0 Å². The maximum absolute atomic E-state index is 11.6. The first-order valence-electron chi connectivity index (χ1n) is 8.84. The van der Waals surface area contributed by atoms with E-state index in [0.717, 1.165) is 37.7 Å². The molecule has 3 rings (SSSR count). The Hall–Kier alpha value is -0.930. The van der Waals surface area contributed by atoms with Gasteiger partial charge in [0.15, 0.2) is 0 Å². The van der Waals surface area contributed by atoms with E-state index in [4.69, 9.17) is 23.2 Å². The lowest BCUT2D eigenvalue weighted by atomic mass is 9.69. The topological polar surface area (TPSA) is 23.5 Å². The van der Waals surface area contributed by atoms with Gasteiger partial charge in [-0.2, -0.15) is 0 Å². The summed E-state index contributed by atoms with van der Waals surface area (Å²) in [7, 11) is 4.09. The first-order valence-corrected chi connectivity index (χ1v) is 9.60. The van der Waals surface area contributed by atoms with E-state index in [2.05, 4.69) is 29.2 Å². The van der Waals surface area contributed by atoms with Gasteiger partial charge in [-0.25, -0.2) is 0 Å². The van der Waals surface area contributed by atoms with Crippen LogP contribution in [-0.2, 0) is 12.0 Å². The highest BCUT2D eigenvalue weighted by molar-refractivity contribution is 6.35. The minimum atomic E-state index is -0.895. The molecule has 5 heteroatoms. The molecule has 0 spiro atoms. The molecule has 1 N–H and O–H groups in total. The number of aliphatic hydroxyl groups is 1. The zero-order valence-corrected chi connectivity index (χ0v) is 17.5. The van der Waals surface area contributed by atoms with E-state index < -0.39 is 5.60 Å². The molecule has 142 valence electrons. The fourth-order valence-electron chi connectivity index (χ4n) is 3.94. The summed E-state index contributed by atoms with van der Waals surface area (Å²) >= 11 is 12.5. The van der Waals surface area contributed by atoms with Gasteiger partial charge in [-0.05, 0) is 55.0 Å². The van der Waals surface area contributed by atoms with E-state index in [1.807, 2.05) is 26.2 Å². The maximum atomic E-state index is 11.6. The van der Waals surface area contributed by atoms with E-state index >= 15 is 0 Å². The van der Waals surface area contributed by atoms with Crippen molar-refractivity contribution in [2.45, 2.75) is 37.7 Å². The molecule has 2 aromatic carbocycles. The average Bonchev–Trinajstić information content (AvgIpc) is 2.57. The minimum Gasteiger partial charge on any atom is -0.385 e. The highest BCUT2D eigenvalue weighted by atomic mass is 35.5. The molecule has 1 aliphatic carbocycles. The molecule has 1 aliphatic rings. The van der Waals surface area contributed by atoms with Crippen LogP contribution in [0.2, 0.25) is 10.0 Å². The van der Waals surface area contributed by atoms with Gasteiger partial charge in [-0.3, -0.25) is 0 Å². The second kappa shape index (κ2) is 8.84. The lowest BCUT2D eigenvalue weighted by Crippen LogP contribution is -2.39. The fourth-order valence-corrected chi connectivity index (χ4v) is 4.51. The molecule has 0 saturated heterocycles. The normalized spacial score (nSPS) is 22.6. The van der Waals surface area contributed by atoms with Crippen molar-refractivity contribution in [3.63, 3.8) is 0 Å². The summed E-state index contributed by atoms with van der Waals surface area (Å²) < 4.78 is 0. The van der Waals surface area contributed by atoms with Crippen molar-refractivity contribution in [3.05, 3.63) is 63.6 Å². The molecule has 0 heterocycles. The van der Waals surface area contributed by atoms with Gasteiger partial charge in [0, 0.05) is 35.4 Å². The van der Waals surface area contributed by atoms with Crippen LogP contribution >= 0.6 is 35.6 Å². The number of hydrogen-bond acceptors (Lipinski definition) is 2. The fraction of sp³-hybridized carbons (Fsp3) is 0.429. The summed E-state index contributed by atoms with van der Waals surface area (Å²) in [5.74, 6) is 0.150. The van der Waals surface area contributed by atoms with Crippen molar-refractivity contribution < 1.29 is 5.11 Å². The van der Waals surface area contributed by atoms with Gasteiger partial charge >= 0.3 is 0 Å². The summed E-state index contributed by atoms with van der Waals surface area (Å²) in [6.07, 6.45) is 4.75. The smallest absolute Gasteiger partial charge is 0.0942 e. The van der Waals surface area contributed by atoms with Crippen LogP contribution in [0.5, 0.6) is 0 Å². The van der Waals surface area contributed by atoms with Gasteiger partial charge in [0.2, 0.25) is 0 Å². The predicted octanol–water partition coefficient (Wildman–Crippen LogP) is 6.10. The molecule has 0 bridgehead atoms. The summed E-state index contributed by atoms with van der Waals surface area (Å²) in [5.41, 5.74) is 2.35. The van der Waals surface area contributed by atoms with Crippen molar-refractivity contribution in [1.29, 1.82) is 0 Å². The number of rotatable bonds is 4. The SMILES string of the molecule is CN(C)c1cccc(CC2CCCCC2(O)c2ccc(Cl)cc2Cl)c1.Cl. The Kier molecular flexibility index (Phi) is 7.27. The van der Waals surface area contributed by atoms with Crippen LogP contribution in [0.4, 0.5) is 5.69 Å². The van der Waals surface area contributed by atoms with Crippen molar-refractivity contribution in [2.24, 2.45) is 5.92 Å². The van der Waals surface area contributed by atoms with Crippen LogP contribution in [0.1, 0.15) is 36.8 Å². The van der Waals surface area contributed by atoms with Crippen molar-refractivity contribution in [3.8, 4) is 0 Å². The van der Waals surface area contributed by atoms with Crippen molar-refractivity contribution in [2.75, 3.05) is 19.0 Å². The highest BCUT2D eigenvalue weighted by Gasteiger charge is 2.41. The summed E-state index contributed by atoms with van der Waals surface area (Å²) in [5, 5.41) is 12.7. The second-order valence-corrected chi connectivity index (χ2v) is 8.10. The zero-order valence-electron chi connectivity index (χ0n) is 15.2. The number of benzene rings is 2. The zero-order chi connectivity index (χ0) is 18.0. The Labute approximate surface area is 172 Å². The Balaban J connectivity index is 0.00000243.